The number of imidazole rings is 1. The molecule has 2 aromatic rings. The number of aromatic nitrogens is 2. The van der Waals surface area contributed by atoms with Crippen LogP contribution in [-0.2, 0) is 11.2 Å². The van der Waals surface area contributed by atoms with Crippen molar-refractivity contribution in [2.45, 2.75) is 13.3 Å². The molecule has 0 saturated carbocycles. The van der Waals surface area contributed by atoms with Gasteiger partial charge in [0, 0.05) is 30.8 Å². The molecule has 0 aliphatic carbocycles. The third-order valence-corrected chi connectivity index (χ3v) is 2.99. The molecular weight excluding hydrogens is 208 g/mol. The monoisotopic (exact) mass is 220 g/mol. The zero-order chi connectivity index (χ0) is 10.7. The number of pyridine rings is 1. The number of fused-ring (bicyclic) bond motifs is 1. The van der Waals surface area contributed by atoms with Crippen LogP contribution < -0.4 is 0 Å². The maximum absolute atomic E-state index is 10.8. The van der Waals surface area contributed by atoms with E-state index in [0.29, 0.717) is 0 Å². The van der Waals surface area contributed by atoms with Crippen molar-refractivity contribution >= 4 is 22.5 Å². The average Bonchev–Trinajstić information content (AvgIpc) is 2.65. The lowest BCUT2D eigenvalue weighted by Crippen LogP contribution is -1.98. The molecule has 2 rings (SSSR count). The first-order valence-corrected chi connectivity index (χ1v) is 5.80. The predicted octanol–water partition coefficient (Wildman–Crippen LogP) is 2.16. The number of thioether (sulfide) groups is 1. The maximum Gasteiger partial charge on any atom is 0.185 e. The highest BCUT2D eigenvalue weighted by Crippen LogP contribution is 2.10. The number of carbonyl (C=O) groups is 1. The molecule has 0 atom stereocenters. The van der Waals surface area contributed by atoms with Gasteiger partial charge in [-0.2, -0.15) is 0 Å². The Morgan fingerprint density at radius 2 is 2.40 bits per heavy atom. The third-order valence-electron chi connectivity index (χ3n) is 2.18. The molecule has 0 aromatic carbocycles. The van der Waals surface area contributed by atoms with Gasteiger partial charge < -0.3 is 4.40 Å². The zero-order valence-electron chi connectivity index (χ0n) is 8.51. The van der Waals surface area contributed by atoms with Crippen LogP contribution in [0, 0.1) is 0 Å². The number of hydrogen-bond acceptors (Lipinski definition) is 3. The molecule has 4 heteroatoms. The standard InChI is InChI=1S/C11H12N2OS/c1-9(14)15-8-5-10-3-2-4-11-12-6-7-13(10)11/h2-4,6-7H,5,8H2,1H3. The molecule has 0 unspecified atom stereocenters. The molecule has 0 saturated heterocycles. The summed E-state index contributed by atoms with van der Waals surface area (Å²) in [6, 6.07) is 6.03. The lowest BCUT2D eigenvalue weighted by molar-refractivity contribution is -0.109. The van der Waals surface area contributed by atoms with Gasteiger partial charge in [-0.1, -0.05) is 17.8 Å². The Morgan fingerprint density at radius 1 is 1.53 bits per heavy atom. The molecule has 0 spiro atoms. The van der Waals surface area contributed by atoms with Gasteiger partial charge in [0.2, 0.25) is 0 Å². The van der Waals surface area contributed by atoms with Crippen molar-refractivity contribution in [2.75, 3.05) is 5.75 Å². The van der Waals surface area contributed by atoms with Gasteiger partial charge in [0.1, 0.15) is 5.65 Å². The van der Waals surface area contributed by atoms with Gasteiger partial charge >= 0.3 is 0 Å². The summed E-state index contributed by atoms with van der Waals surface area (Å²) in [6.07, 6.45) is 4.62. The van der Waals surface area contributed by atoms with Gasteiger partial charge in [-0.25, -0.2) is 4.98 Å². The molecule has 0 bridgehead atoms. The Labute approximate surface area is 92.5 Å². The van der Waals surface area contributed by atoms with Crippen LogP contribution in [0.1, 0.15) is 12.6 Å². The summed E-state index contributed by atoms with van der Waals surface area (Å²) in [4.78, 5) is 15.0. The second kappa shape index (κ2) is 4.49. The second-order valence-electron chi connectivity index (χ2n) is 3.26. The van der Waals surface area contributed by atoms with Crippen LogP contribution in [0.2, 0.25) is 0 Å². The smallest absolute Gasteiger partial charge is 0.185 e. The summed E-state index contributed by atoms with van der Waals surface area (Å²) in [5, 5.41) is 0.174. The second-order valence-corrected chi connectivity index (χ2v) is 4.53. The van der Waals surface area contributed by atoms with Crippen LogP contribution in [-0.4, -0.2) is 20.3 Å². The van der Waals surface area contributed by atoms with E-state index in [1.807, 2.05) is 18.3 Å². The molecule has 2 aromatic heterocycles. The number of carbonyl (C=O) groups excluding carboxylic acids is 1. The molecule has 3 nitrogen and oxygen atoms in total. The van der Waals surface area contributed by atoms with E-state index >= 15 is 0 Å². The largest absolute Gasteiger partial charge is 0.304 e. The lowest BCUT2D eigenvalue weighted by atomic mass is 10.3. The van der Waals surface area contributed by atoms with Crippen molar-refractivity contribution in [3.63, 3.8) is 0 Å². The van der Waals surface area contributed by atoms with Crippen molar-refractivity contribution in [3.05, 3.63) is 36.3 Å². The van der Waals surface area contributed by atoms with Crippen molar-refractivity contribution in [1.82, 2.24) is 9.38 Å². The fourth-order valence-corrected chi connectivity index (χ4v) is 2.11. The van der Waals surface area contributed by atoms with E-state index in [9.17, 15) is 4.79 Å². The maximum atomic E-state index is 10.8. The van der Waals surface area contributed by atoms with E-state index in [-0.39, 0.29) is 5.12 Å². The number of nitrogens with zero attached hydrogens (tertiary/aromatic N) is 2. The van der Waals surface area contributed by atoms with Crippen LogP contribution in [0.3, 0.4) is 0 Å². The van der Waals surface area contributed by atoms with Crippen molar-refractivity contribution in [2.24, 2.45) is 0 Å². The molecule has 0 fully saturated rings. The van der Waals surface area contributed by atoms with Crippen molar-refractivity contribution < 1.29 is 4.79 Å². The van der Waals surface area contributed by atoms with Gasteiger partial charge in [0.25, 0.3) is 0 Å². The summed E-state index contributed by atoms with van der Waals surface area (Å²) < 4.78 is 2.06. The van der Waals surface area contributed by atoms with Gasteiger partial charge in [0.05, 0.1) is 0 Å². The van der Waals surface area contributed by atoms with E-state index in [0.717, 1.165) is 17.8 Å². The Bertz CT molecular complexity index is 478. The van der Waals surface area contributed by atoms with Crippen LogP contribution >= 0.6 is 11.8 Å². The molecule has 0 amide bonds. The first kappa shape index (κ1) is 10.2. The van der Waals surface area contributed by atoms with Crippen LogP contribution in [0.5, 0.6) is 0 Å². The van der Waals surface area contributed by atoms with Gasteiger partial charge in [-0.05, 0) is 18.6 Å². The fraction of sp³-hybridized carbons (Fsp3) is 0.273. The number of aryl methyl sites for hydroxylation is 1. The molecule has 15 heavy (non-hydrogen) atoms. The molecule has 78 valence electrons. The SMILES string of the molecule is CC(=O)SCCc1cccc2nccn12. The highest BCUT2D eigenvalue weighted by Gasteiger charge is 2.01. The molecule has 2 heterocycles. The van der Waals surface area contributed by atoms with Crippen molar-refractivity contribution in [1.29, 1.82) is 0 Å². The minimum atomic E-state index is 0.174. The number of rotatable bonds is 3. The molecule has 0 aliphatic rings. The normalized spacial score (nSPS) is 10.7. The highest BCUT2D eigenvalue weighted by atomic mass is 32.2. The van der Waals surface area contributed by atoms with Gasteiger partial charge in [-0.15, -0.1) is 0 Å². The summed E-state index contributed by atoms with van der Waals surface area (Å²) in [5.74, 6) is 0.826. The lowest BCUT2D eigenvalue weighted by Gasteiger charge is -2.03. The molecule has 0 radical (unpaired) electrons. The average molecular weight is 220 g/mol. The topological polar surface area (TPSA) is 34.4 Å². The molecule has 0 aliphatic heterocycles. The quantitative estimate of drug-likeness (QED) is 0.795. The first-order valence-electron chi connectivity index (χ1n) is 4.82. The van der Waals surface area contributed by atoms with E-state index in [1.165, 1.54) is 17.5 Å². The fourth-order valence-electron chi connectivity index (χ4n) is 1.51. The minimum absolute atomic E-state index is 0.174. The summed E-state index contributed by atoms with van der Waals surface area (Å²) in [7, 11) is 0. The summed E-state index contributed by atoms with van der Waals surface area (Å²) >= 11 is 1.36. The number of hydrogen-bond donors (Lipinski definition) is 0. The Kier molecular flexibility index (Phi) is 3.06. The van der Waals surface area contributed by atoms with Gasteiger partial charge in [0.15, 0.2) is 5.12 Å². The Morgan fingerprint density at radius 3 is 3.20 bits per heavy atom. The Hall–Kier alpha value is -1.29. The van der Waals surface area contributed by atoms with E-state index in [1.54, 1.807) is 13.1 Å². The molecular formula is C11H12N2OS. The first-order chi connectivity index (χ1) is 7.27. The van der Waals surface area contributed by atoms with Crippen LogP contribution in [0.15, 0.2) is 30.6 Å². The Balaban J connectivity index is 2.13. The highest BCUT2D eigenvalue weighted by molar-refractivity contribution is 8.13. The van der Waals surface area contributed by atoms with Crippen LogP contribution in [0.25, 0.3) is 5.65 Å². The van der Waals surface area contributed by atoms with Crippen LogP contribution in [0.4, 0.5) is 0 Å². The predicted molar refractivity (Wildman–Crippen MR) is 62.0 cm³/mol. The van der Waals surface area contributed by atoms with E-state index < -0.39 is 0 Å². The van der Waals surface area contributed by atoms with E-state index in [2.05, 4.69) is 15.5 Å². The molecule has 0 N–H and O–H groups in total. The zero-order valence-corrected chi connectivity index (χ0v) is 9.33. The third kappa shape index (κ3) is 2.39. The van der Waals surface area contributed by atoms with E-state index in [4.69, 9.17) is 0 Å². The summed E-state index contributed by atoms with van der Waals surface area (Å²) in [5.41, 5.74) is 2.15. The minimum Gasteiger partial charge on any atom is -0.304 e. The van der Waals surface area contributed by atoms with Crippen molar-refractivity contribution in [3.8, 4) is 0 Å². The summed E-state index contributed by atoms with van der Waals surface area (Å²) in [6.45, 7) is 1.60. The van der Waals surface area contributed by atoms with Gasteiger partial charge in [-0.3, -0.25) is 4.79 Å².